The van der Waals surface area contributed by atoms with Gasteiger partial charge in [-0.1, -0.05) is 71.6 Å². The molecular weight excluding hydrogens is 368 g/mol. The highest BCUT2D eigenvalue weighted by Crippen LogP contribution is 2.21. The van der Waals surface area contributed by atoms with Gasteiger partial charge in [0.2, 0.25) is 0 Å². The van der Waals surface area contributed by atoms with Gasteiger partial charge in [0.05, 0.1) is 6.10 Å². The molecule has 2 rings (SSSR count). The maximum Gasteiger partial charge on any atom is 0.159 e. The van der Waals surface area contributed by atoms with Crippen molar-refractivity contribution in [2.24, 2.45) is 0 Å². The van der Waals surface area contributed by atoms with Crippen LogP contribution in [-0.4, -0.2) is 16.1 Å². The molecule has 0 saturated heterocycles. The molecule has 3 heteroatoms. The fourth-order valence-corrected chi connectivity index (χ4v) is 3.75. The predicted octanol–water partition coefficient (Wildman–Crippen LogP) is 8.17. The molecular formula is C27H42N2O. The van der Waals surface area contributed by atoms with E-state index in [1.807, 2.05) is 24.5 Å². The molecule has 0 unspecified atom stereocenters. The average Bonchev–Trinajstić information content (AvgIpc) is 2.77. The molecule has 0 radical (unpaired) electrons. The van der Waals surface area contributed by atoms with Gasteiger partial charge in [-0.15, -0.1) is 0 Å². The molecule has 1 aromatic heterocycles. The summed E-state index contributed by atoms with van der Waals surface area (Å²) in [6, 6.07) is 8.20. The first-order valence-electron chi connectivity index (χ1n) is 12.3. The zero-order valence-corrected chi connectivity index (χ0v) is 19.5. The van der Waals surface area contributed by atoms with Crippen molar-refractivity contribution in [2.75, 3.05) is 0 Å². The van der Waals surface area contributed by atoms with Crippen LogP contribution in [0.3, 0.4) is 0 Å². The third kappa shape index (κ3) is 9.73. The van der Waals surface area contributed by atoms with Gasteiger partial charge in [0, 0.05) is 18.0 Å². The number of aryl methyl sites for hydroxylation is 1. The molecule has 3 nitrogen and oxygen atoms in total. The average molecular weight is 411 g/mol. The Hall–Kier alpha value is -1.90. The second-order valence-electron chi connectivity index (χ2n) is 8.59. The van der Waals surface area contributed by atoms with E-state index < -0.39 is 0 Å². The SMILES string of the molecule is CCCCCCCCc1cnc(-c2ccc(O[C@@H](C)CCCCCCC)cc2)nc1. The summed E-state index contributed by atoms with van der Waals surface area (Å²) in [6.07, 6.45) is 20.9. The first kappa shape index (κ1) is 24.4. The summed E-state index contributed by atoms with van der Waals surface area (Å²) >= 11 is 0. The smallest absolute Gasteiger partial charge is 0.159 e. The van der Waals surface area contributed by atoms with Crippen LogP contribution >= 0.6 is 0 Å². The van der Waals surface area contributed by atoms with Crippen LogP contribution in [0.1, 0.15) is 103 Å². The van der Waals surface area contributed by atoms with E-state index >= 15 is 0 Å². The molecule has 1 atom stereocenters. The maximum absolute atomic E-state index is 6.07. The molecule has 30 heavy (non-hydrogen) atoms. The van der Waals surface area contributed by atoms with Gasteiger partial charge in [-0.05, 0) is 62.4 Å². The molecule has 0 aliphatic carbocycles. The Bertz CT molecular complexity index is 666. The summed E-state index contributed by atoms with van der Waals surface area (Å²) in [4.78, 5) is 9.16. The lowest BCUT2D eigenvalue weighted by Crippen LogP contribution is -2.11. The Kier molecular flexibility index (Phi) is 12.2. The molecule has 1 heterocycles. The van der Waals surface area contributed by atoms with Gasteiger partial charge >= 0.3 is 0 Å². The highest BCUT2D eigenvalue weighted by Gasteiger charge is 2.06. The van der Waals surface area contributed by atoms with Crippen LogP contribution in [0.5, 0.6) is 5.75 Å². The number of benzene rings is 1. The van der Waals surface area contributed by atoms with E-state index in [4.69, 9.17) is 4.74 Å². The number of nitrogens with zero attached hydrogens (tertiary/aromatic N) is 2. The summed E-state index contributed by atoms with van der Waals surface area (Å²) in [5.74, 6) is 1.72. The van der Waals surface area contributed by atoms with E-state index in [-0.39, 0.29) is 6.10 Å². The molecule has 2 aromatic rings. The lowest BCUT2D eigenvalue weighted by molar-refractivity contribution is 0.206. The summed E-state index contributed by atoms with van der Waals surface area (Å²) in [6.45, 7) is 6.68. The van der Waals surface area contributed by atoms with Crippen molar-refractivity contribution in [3.8, 4) is 17.1 Å². The molecule has 0 aliphatic rings. The van der Waals surface area contributed by atoms with E-state index in [0.717, 1.165) is 30.0 Å². The fraction of sp³-hybridized carbons (Fsp3) is 0.630. The first-order valence-corrected chi connectivity index (χ1v) is 12.3. The van der Waals surface area contributed by atoms with E-state index in [1.54, 1.807) is 0 Å². The van der Waals surface area contributed by atoms with Crippen LogP contribution in [-0.2, 0) is 6.42 Å². The van der Waals surface area contributed by atoms with Crippen molar-refractivity contribution in [3.05, 3.63) is 42.2 Å². The minimum atomic E-state index is 0.259. The Morgan fingerprint density at radius 1 is 0.733 bits per heavy atom. The third-order valence-electron chi connectivity index (χ3n) is 5.69. The monoisotopic (exact) mass is 410 g/mol. The normalized spacial score (nSPS) is 12.1. The van der Waals surface area contributed by atoms with E-state index in [0.29, 0.717) is 0 Å². The zero-order chi connectivity index (χ0) is 21.4. The maximum atomic E-state index is 6.07. The van der Waals surface area contributed by atoms with Gasteiger partial charge in [0.15, 0.2) is 5.82 Å². The third-order valence-corrected chi connectivity index (χ3v) is 5.69. The summed E-state index contributed by atoms with van der Waals surface area (Å²) < 4.78 is 6.07. The van der Waals surface area contributed by atoms with Crippen LogP contribution in [0.25, 0.3) is 11.4 Å². The summed E-state index contributed by atoms with van der Waals surface area (Å²) in [5, 5.41) is 0. The Morgan fingerprint density at radius 3 is 1.93 bits per heavy atom. The van der Waals surface area contributed by atoms with Gasteiger partial charge in [-0.3, -0.25) is 0 Å². The first-order chi connectivity index (χ1) is 14.7. The molecule has 0 spiro atoms. The quantitative estimate of drug-likeness (QED) is 0.262. The van der Waals surface area contributed by atoms with Crippen LogP contribution in [0.15, 0.2) is 36.7 Å². The Balaban J connectivity index is 1.73. The lowest BCUT2D eigenvalue weighted by Gasteiger charge is -2.15. The highest BCUT2D eigenvalue weighted by atomic mass is 16.5. The van der Waals surface area contributed by atoms with Gasteiger partial charge in [0.1, 0.15) is 5.75 Å². The van der Waals surface area contributed by atoms with Crippen LogP contribution in [0.2, 0.25) is 0 Å². The van der Waals surface area contributed by atoms with Gasteiger partial charge in [0.25, 0.3) is 0 Å². The zero-order valence-electron chi connectivity index (χ0n) is 19.5. The lowest BCUT2D eigenvalue weighted by atomic mass is 10.1. The highest BCUT2D eigenvalue weighted by molar-refractivity contribution is 5.55. The Labute approximate surface area is 184 Å². The predicted molar refractivity (Wildman–Crippen MR) is 128 cm³/mol. The van der Waals surface area contributed by atoms with Crippen LogP contribution in [0, 0.1) is 0 Å². The Morgan fingerprint density at radius 2 is 1.30 bits per heavy atom. The number of rotatable bonds is 16. The second kappa shape index (κ2) is 15.0. The van der Waals surface area contributed by atoms with Crippen molar-refractivity contribution in [2.45, 2.75) is 110 Å². The molecule has 0 saturated carbocycles. The molecule has 0 N–H and O–H groups in total. The standard InChI is InChI=1S/C27H42N2O/c1-4-6-8-10-12-14-16-24-21-28-27(29-22-24)25-17-19-26(20-18-25)30-23(3)15-13-11-9-7-5-2/h17-23H,4-16H2,1-3H3/t23-/m0/s1. The van der Waals surface area contributed by atoms with Crippen molar-refractivity contribution >= 4 is 0 Å². The molecule has 166 valence electrons. The largest absolute Gasteiger partial charge is 0.491 e. The number of unbranched alkanes of at least 4 members (excludes halogenated alkanes) is 9. The minimum absolute atomic E-state index is 0.259. The molecule has 0 fully saturated rings. The van der Waals surface area contributed by atoms with E-state index in [1.165, 1.54) is 76.2 Å². The van der Waals surface area contributed by atoms with Crippen molar-refractivity contribution in [1.29, 1.82) is 0 Å². The van der Waals surface area contributed by atoms with Crippen molar-refractivity contribution in [3.63, 3.8) is 0 Å². The minimum Gasteiger partial charge on any atom is -0.491 e. The van der Waals surface area contributed by atoms with E-state index in [9.17, 15) is 0 Å². The fourth-order valence-electron chi connectivity index (χ4n) is 3.75. The van der Waals surface area contributed by atoms with Gasteiger partial charge in [-0.2, -0.15) is 0 Å². The number of ether oxygens (including phenoxy) is 1. The van der Waals surface area contributed by atoms with Crippen molar-refractivity contribution in [1.82, 2.24) is 9.97 Å². The number of aromatic nitrogens is 2. The summed E-state index contributed by atoms with van der Waals surface area (Å²) in [5.41, 5.74) is 2.28. The van der Waals surface area contributed by atoms with Crippen molar-refractivity contribution < 1.29 is 4.74 Å². The summed E-state index contributed by atoms with van der Waals surface area (Å²) in [7, 11) is 0. The number of hydrogen-bond donors (Lipinski definition) is 0. The molecule has 0 bridgehead atoms. The topological polar surface area (TPSA) is 35.0 Å². The molecule has 1 aromatic carbocycles. The number of hydrogen-bond acceptors (Lipinski definition) is 3. The van der Waals surface area contributed by atoms with Gasteiger partial charge < -0.3 is 4.74 Å². The second-order valence-corrected chi connectivity index (χ2v) is 8.59. The van der Waals surface area contributed by atoms with Gasteiger partial charge in [-0.25, -0.2) is 9.97 Å². The van der Waals surface area contributed by atoms with Crippen LogP contribution < -0.4 is 4.74 Å². The molecule has 0 aliphatic heterocycles. The van der Waals surface area contributed by atoms with Crippen LogP contribution in [0.4, 0.5) is 0 Å². The molecule has 0 amide bonds. The van der Waals surface area contributed by atoms with E-state index in [2.05, 4.69) is 42.9 Å².